The number of anilines is 2. The zero-order valence-electron chi connectivity index (χ0n) is 27.5. The Morgan fingerprint density at radius 2 is 1.96 bits per heavy atom. The number of carbonyl (C=O) groups is 1. The molecule has 3 heterocycles. The Kier molecular flexibility index (Phi) is 14.8. The van der Waals surface area contributed by atoms with Crippen molar-refractivity contribution < 1.29 is 18.5 Å². The predicted octanol–water partition coefficient (Wildman–Crippen LogP) is 6.60. The summed E-state index contributed by atoms with van der Waals surface area (Å²) in [6.45, 7) is 16.1. The van der Waals surface area contributed by atoms with Gasteiger partial charge in [0.25, 0.3) is 0 Å². The maximum absolute atomic E-state index is 12.6. The van der Waals surface area contributed by atoms with E-state index in [2.05, 4.69) is 49.0 Å². The first-order valence-electron chi connectivity index (χ1n) is 15.3. The molecule has 11 nitrogen and oxygen atoms in total. The number of piperazine rings is 1. The predicted molar refractivity (Wildman–Crippen MR) is 200 cm³/mol. The summed E-state index contributed by atoms with van der Waals surface area (Å²) in [6.07, 6.45) is 3.36. The van der Waals surface area contributed by atoms with Crippen LogP contribution in [0.1, 0.15) is 64.8 Å². The maximum atomic E-state index is 12.6. The molecule has 1 aromatic heterocycles. The minimum atomic E-state index is -0.505. The van der Waals surface area contributed by atoms with Gasteiger partial charge in [-0.3, -0.25) is 4.68 Å². The second-order valence-corrected chi connectivity index (χ2v) is 15.3. The third-order valence-electron chi connectivity index (χ3n) is 8.34. The van der Waals surface area contributed by atoms with Crippen LogP contribution in [-0.4, -0.2) is 106 Å². The van der Waals surface area contributed by atoms with E-state index in [1.165, 1.54) is 6.21 Å². The molecule has 2 aliphatic heterocycles. The molecule has 0 bridgehead atoms. The van der Waals surface area contributed by atoms with Crippen molar-refractivity contribution in [2.24, 2.45) is 5.41 Å². The van der Waals surface area contributed by atoms with Crippen LogP contribution in [0.25, 0.3) is 11.1 Å². The Balaban J connectivity index is 0.00000139. The van der Waals surface area contributed by atoms with E-state index in [0.717, 1.165) is 60.8 Å². The third-order valence-corrected chi connectivity index (χ3v) is 10.3. The van der Waals surface area contributed by atoms with Crippen LogP contribution in [0, 0.1) is 17.7 Å². The number of nitrogens with zero attached hydrogens (tertiary/aromatic N) is 4. The summed E-state index contributed by atoms with van der Waals surface area (Å²) in [5.74, 6) is 0.830. The average Bonchev–Trinajstić information content (AvgIpc) is 3.31. The van der Waals surface area contributed by atoms with Crippen LogP contribution < -0.4 is 15.3 Å². The van der Waals surface area contributed by atoms with E-state index in [4.69, 9.17) is 47.4 Å². The number of rotatable bonds is 8. The van der Waals surface area contributed by atoms with Crippen molar-refractivity contribution in [2.45, 2.75) is 72.1 Å². The number of aromatic nitrogens is 2. The summed E-state index contributed by atoms with van der Waals surface area (Å²) < 4.78 is 20.2. The van der Waals surface area contributed by atoms with E-state index in [-0.39, 0.29) is 23.6 Å². The normalized spacial score (nSPS) is 19.1. The third kappa shape index (κ3) is 8.45. The molecular formula is C30H46Cl2IN7O4PSe. The molecule has 257 valence electrons. The number of nitrogens with one attached hydrogen (secondary N) is 3. The molecule has 3 fully saturated rings. The van der Waals surface area contributed by atoms with Gasteiger partial charge in [0.05, 0.1) is 28.7 Å². The molecule has 2 unspecified atom stereocenters. The Morgan fingerprint density at radius 1 is 1.30 bits per heavy atom. The molecular weight excluding hydrogens is 830 g/mol. The number of amides is 1. The van der Waals surface area contributed by atoms with Crippen LogP contribution in [0.3, 0.4) is 0 Å². The van der Waals surface area contributed by atoms with Gasteiger partial charge in [0, 0.05) is 85.9 Å². The van der Waals surface area contributed by atoms with Crippen LogP contribution in [-0.2, 0) is 9.47 Å². The molecule has 16 heteroatoms. The average molecular weight is 876 g/mol. The van der Waals surface area contributed by atoms with E-state index in [1.54, 1.807) is 34.4 Å². The van der Waals surface area contributed by atoms with Gasteiger partial charge in [0.2, 0.25) is 0 Å². The molecule has 4 N–H and O–H groups in total. The fourth-order valence-corrected chi connectivity index (χ4v) is 8.15. The Morgan fingerprint density at radius 3 is 2.52 bits per heavy atom. The second kappa shape index (κ2) is 17.2. The quantitative estimate of drug-likeness (QED) is 0.101. The van der Waals surface area contributed by atoms with Crippen molar-refractivity contribution in [3.8, 4) is 11.1 Å². The van der Waals surface area contributed by atoms with Crippen molar-refractivity contribution in [3.63, 3.8) is 0 Å². The first-order valence-corrected chi connectivity index (χ1v) is 20.9. The molecule has 46 heavy (non-hydrogen) atoms. The van der Waals surface area contributed by atoms with Gasteiger partial charge >= 0.3 is 26.6 Å². The number of carbonyl (C=O) groups excluding carboxylic acids is 1. The fourth-order valence-electron chi connectivity index (χ4n) is 6.51. The zero-order valence-corrected chi connectivity index (χ0v) is 33.9. The molecule has 1 spiro atoms. The van der Waals surface area contributed by atoms with Gasteiger partial charge in [0.15, 0.2) is 5.82 Å². The van der Waals surface area contributed by atoms with Crippen molar-refractivity contribution in [1.82, 2.24) is 20.0 Å². The minimum absolute atomic E-state index is 0.0850. The first kappa shape index (κ1) is 39.5. The number of halogens is 3. The van der Waals surface area contributed by atoms with Crippen molar-refractivity contribution >= 4 is 91.8 Å². The standard InChI is InChI=1S/C28H39Cl2IN7O3P.C2H6.HOSe/c1-16-22(23-19(11-32)21(35-42-31)8-20(29)24(23)30)25(37-7-6-33-12-18(37)13-40-5)34-38(16)17-9-28(10-17)14-36(15-28)26(39)41-27(2,3)4;2*1-2/h8,11,17-18,32-33,35,42H,6-7,9-10,12-15H2,1-5H3;1-2H3;1H. The SMILES string of the molecule is CC.COCC1CNCCN1c1nn(C2CC3(C2)CN(C(=O)OC(C)(C)C)C3)c(C)c1-c1c(Cl)c(Cl)cc(NPI)c1C=N.O[Se]. The van der Waals surface area contributed by atoms with E-state index in [0.29, 0.717) is 41.7 Å². The fraction of sp³-hybridized carbons (Fsp3) is 0.633. The van der Waals surface area contributed by atoms with Gasteiger partial charge in [-0.2, -0.15) is 5.10 Å². The Hall–Kier alpha value is -0.891. The number of likely N-dealkylation sites (tertiary alicyclic amines) is 1. The number of methoxy groups -OCH3 is 1. The number of ether oxygens (including phenoxy) is 2. The zero-order chi connectivity index (χ0) is 34.4. The Bertz CT molecular complexity index is 1360. The molecule has 2 atom stereocenters. The second-order valence-electron chi connectivity index (χ2n) is 12.5. The van der Waals surface area contributed by atoms with Crippen molar-refractivity contribution in [2.75, 3.05) is 56.4 Å². The number of hydrogen-bond donors (Lipinski definition) is 4. The monoisotopic (exact) mass is 876 g/mol. The molecule has 2 saturated heterocycles. The van der Waals surface area contributed by atoms with Gasteiger partial charge in [0.1, 0.15) is 5.60 Å². The van der Waals surface area contributed by atoms with E-state index >= 15 is 0 Å². The summed E-state index contributed by atoms with van der Waals surface area (Å²) in [7, 11) is 1.72. The Labute approximate surface area is 306 Å². The van der Waals surface area contributed by atoms with Gasteiger partial charge in [-0.05, 0) is 68.6 Å². The van der Waals surface area contributed by atoms with Crippen LogP contribution >= 0.6 is 51.6 Å². The molecule has 1 amide bonds. The van der Waals surface area contributed by atoms with E-state index < -0.39 is 5.60 Å². The summed E-state index contributed by atoms with van der Waals surface area (Å²) in [5.41, 5.74) is 3.65. The van der Waals surface area contributed by atoms with E-state index in [9.17, 15) is 4.79 Å². The number of hydrogen-bond acceptors (Lipinski definition) is 9. The topological polar surface area (TPSA) is 128 Å². The van der Waals surface area contributed by atoms with Crippen molar-refractivity contribution in [1.29, 1.82) is 5.41 Å². The molecule has 5 rings (SSSR count). The van der Waals surface area contributed by atoms with Crippen molar-refractivity contribution in [3.05, 3.63) is 27.4 Å². The van der Waals surface area contributed by atoms with Gasteiger partial charge in [-0.1, -0.05) is 37.0 Å². The van der Waals surface area contributed by atoms with Crippen LogP contribution in [0.4, 0.5) is 16.3 Å². The molecule has 2 aromatic rings. The van der Waals surface area contributed by atoms with E-state index in [1.807, 2.05) is 34.6 Å². The van der Waals surface area contributed by atoms with Gasteiger partial charge in [-0.25, -0.2) is 4.79 Å². The van der Waals surface area contributed by atoms with Crippen LogP contribution in [0.15, 0.2) is 6.07 Å². The summed E-state index contributed by atoms with van der Waals surface area (Å²) >= 11 is 17.6. The van der Waals surface area contributed by atoms with Crippen LogP contribution in [0.2, 0.25) is 10.0 Å². The summed E-state index contributed by atoms with van der Waals surface area (Å²) in [6, 6.07) is 2.07. The van der Waals surface area contributed by atoms with Gasteiger partial charge in [-0.15, -0.1) is 0 Å². The number of benzene rings is 1. The summed E-state index contributed by atoms with van der Waals surface area (Å²) in [4.78, 5) is 16.7. The molecule has 1 saturated carbocycles. The molecule has 1 aliphatic carbocycles. The summed E-state index contributed by atoms with van der Waals surface area (Å²) in [5, 5.41) is 21.3. The first-order chi connectivity index (χ1) is 21.9. The van der Waals surface area contributed by atoms with Crippen LogP contribution in [0.5, 0.6) is 0 Å². The molecule has 1 radical (unpaired) electrons. The molecule has 1 aromatic carbocycles. The van der Waals surface area contributed by atoms with Gasteiger partial charge < -0.3 is 35.1 Å². The molecule has 3 aliphatic rings.